The maximum atomic E-state index is 12.4. The fraction of sp³-hybridized carbons (Fsp3) is 0.486. The lowest BCUT2D eigenvalue weighted by Crippen LogP contribution is -2.42. The first-order chi connectivity index (χ1) is 20.2. The van der Waals surface area contributed by atoms with Crippen LogP contribution in [-0.2, 0) is 22.6 Å². The number of hydrogen-bond acceptors (Lipinski definition) is 6. The molecule has 0 spiro atoms. The predicted molar refractivity (Wildman–Crippen MR) is 161 cm³/mol. The van der Waals surface area contributed by atoms with Crippen LogP contribution in [0.4, 0.5) is 0 Å². The van der Waals surface area contributed by atoms with Crippen LogP contribution in [-0.4, -0.2) is 46.1 Å². The van der Waals surface area contributed by atoms with E-state index in [2.05, 4.69) is 48.1 Å². The summed E-state index contributed by atoms with van der Waals surface area (Å²) >= 11 is 0. The van der Waals surface area contributed by atoms with E-state index in [1.165, 1.54) is 19.3 Å². The van der Waals surface area contributed by atoms with Crippen LogP contribution in [0.25, 0.3) is 0 Å². The summed E-state index contributed by atoms with van der Waals surface area (Å²) in [5, 5.41) is 12.5. The number of fused-ring (bicyclic) bond motifs is 2. The lowest BCUT2D eigenvalue weighted by Gasteiger charge is -2.41. The molecular formula is C35H43N3O4. The molecule has 3 fully saturated rings. The van der Waals surface area contributed by atoms with Crippen LogP contribution < -0.4 is 5.32 Å². The van der Waals surface area contributed by atoms with Crippen LogP contribution in [0.15, 0.2) is 73.1 Å². The molecule has 2 aliphatic heterocycles. The normalized spacial score (nSPS) is 28.9. The summed E-state index contributed by atoms with van der Waals surface area (Å²) in [6, 6.07) is 20.3. The van der Waals surface area contributed by atoms with Crippen molar-refractivity contribution in [3.05, 3.63) is 101 Å². The van der Waals surface area contributed by atoms with Gasteiger partial charge in [-0.2, -0.15) is 0 Å². The molecule has 2 aromatic carbocycles. The summed E-state index contributed by atoms with van der Waals surface area (Å²) in [4.78, 5) is 19.1. The molecule has 7 heteroatoms. The maximum Gasteiger partial charge on any atom is 0.253 e. The maximum absolute atomic E-state index is 12.4. The molecule has 3 aliphatic rings. The van der Waals surface area contributed by atoms with Crippen molar-refractivity contribution in [1.29, 1.82) is 0 Å². The van der Waals surface area contributed by atoms with Crippen LogP contribution in [0.5, 0.6) is 0 Å². The van der Waals surface area contributed by atoms with Crippen LogP contribution >= 0.6 is 0 Å². The van der Waals surface area contributed by atoms with E-state index in [4.69, 9.17) is 9.47 Å². The van der Waals surface area contributed by atoms with E-state index in [0.717, 1.165) is 41.8 Å². The molecule has 3 aromatic rings. The summed E-state index contributed by atoms with van der Waals surface area (Å²) in [5.74, 6) is -0.146. The summed E-state index contributed by atoms with van der Waals surface area (Å²) < 4.78 is 13.3. The number of pyridine rings is 1. The Kier molecular flexibility index (Phi) is 8.20. The molecule has 2 saturated heterocycles. The van der Waals surface area contributed by atoms with Gasteiger partial charge in [-0.25, -0.2) is 0 Å². The van der Waals surface area contributed by atoms with Crippen LogP contribution in [0, 0.1) is 10.8 Å². The number of aliphatic hydroxyl groups excluding tert-OH is 1. The molecule has 1 amide bonds. The molecule has 1 aromatic heterocycles. The lowest BCUT2D eigenvalue weighted by molar-refractivity contribution is -0.253. The predicted octanol–water partition coefficient (Wildman–Crippen LogP) is 5.95. The molecule has 6 rings (SSSR count). The summed E-state index contributed by atoms with van der Waals surface area (Å²) in [7, 11) is 0. The number of rotatable bonds is 8. The molecule has 2 N–H and O–H groups in total. The molecule has 5 atom stereocenters. The van der Waals surface area contributed by atoms with Crippen molar-refractivity contribution < 1.29 is 19.4 Å². The number of nitrogens with one attached hydrogen (secondary N) is 1. The zero-order chi connectivity index (χ0) is 29.3. The van der Waals surface area contributed by atoms with Gasteiger partial charge in [0.15, 0.2) is 6.29 Å². The minimum atomic E-state index is -0.487. The molecule has 5 unspecified atom stereocenters. The molecule has 42 heavy (non-hydrogen) atoms. The zero-order valence-corrected chi connectivity index (χ0v) is 25.0. The third kappa shape index (κ3) is 6.60. The van der Waals surface area contributed by atoms with Gasteiger partial charge < -0.3 is 19.9 Å². The smallest absolute Gasteiger partial charge is 0.253 e. The minimum absolute atomic E-state index is 0.0284. The Morgan fingerprint density at radius 1 is 1.00 bits per heavy atom. The van der Waals surface area contributed by atoms with Gasteiger partial charge >= 0.3 is 0 Å². The highest BCUT2D eigenvalue weighted by atomic mass is 16.7. The van der Waals surface area contributed by atoms with Gasteiger partial charge in [-0.15, -0.1) is 0 Å². The number of aromatic nitrogens is 1. The topological polar surface area (TPSA) is 83.9 Å². The van der Waals surface area contributed by atoms with Crippen molar-refractivity contribution in [2.45, 2.75) is 84.1 Å². The van der Waals surface area contributed by atoms with E-state index < -0.39 is 6.29 Å². The van der Waals surface area contributed by atoms with Gasteiger partial charge in [-0.3, -0.25) is 14.7 Å². The second-order valence-corrected chi connectivity index (χ2v) is 13.7. The van der Waals surface area contributed by atoms with E-state index >= 15 is 0 Å². The van der Waals surface area contributed by atoms with E-state index in [-0.39, 0.29) is 24.7 Å². The monoisotopic (exact) mass is 569 g/mol. The fourth-order valence-corrected chi connectivity index (χ4v) is 7.66. The third-order valence-corrected chi connectivity index (χ3v) is 9.20. The standard InChI is InChI=1S/C35H43N3O4/c1-34(2)16-29-17-35(3,22-34)23-38(29)20-30-15-31(26-10-8-25(21-39)9-11-26)42-33(41-30)27-12-6-24(7-13-27)18-37-32(40)28-5-4-14-36-19-28/h4-14,19,29-31,33,39H,15-18,20-23H2,1-3H3,(H,37,40). The van der Waals surface area contributed by atoms with Crippen molar-refractivity contribution >= 4 is 5.91 Å². The molecule has 2 bridgehead atoms. The summed E-state index contributed by atoms with van der Waals surface area (Å²) in [6.45, 7) is 9.78. The zero-order valence-electron chi connectivity index (χ0n) is 25.0. The second kappa shape index (κ2) is 11.9. The van der Waals surface area contributed by atoms with Crippen molar-refractivity contribution in [2.75, 3.05) is 13.1 Å². The number of amides is 1. The first-order valence-electron chi connectivity index (χ1n) is 15.2. The van der Waals surface area contributed by atoms with Gasteiger partial charge in [0.05, 0.1) is 24.4 Å². The van der Waals surface area contributed by atoms with Crippen LogP contribution in [0.3, 0.4) is 0 Å². The molecule has 0 radical (unpaired) electrons. The van der Waals surface area contributed by atoms with Crippen molar-refractivity contribution in [3.8, 4) is 0 Å². The third-order valence-electron chi connectivity index (χ3n) is 9.20. The average molecular weight is 570 g/mol. The first kappa shape index (κ1) is 29.0. The number of carbonyl (C=O) groups excluding carboxylic acids is 1. The highest BCUT2D eigenvalue weighted by molar-refractivity contribution is 5.93. The number of benzene rings is 2. The van der Waals surface area contributed by atoms with E-state index in [1.807, 2.05) is 36.4 Å². The van der Waals surface area contributed by atoms with Crippen molar-refractivity contribution in [3.63, 3.8) is 0 Å². The molecule has 1 saturated carbocycles. The molecule has 7 nitrogen and oxygen atoms in total. The number of hydrogen-bond donors (Lipinski definition) is 2. The fourth-order valence-electron chi connectivity index (χ4n) is 7.66. The second-order valence-electron chi connectivity index (χ2n) is 13.7. The highest BCUT2D eigenvalue weighted by Crippen LogP contribution is 2.53. The highest BCUT2D eigenvalue weighted by Gasteiger charge is 2.50. The van der Waals surface area contributed by atoms with Gasteiger partial charge in [-0.1, -0.05) is 69.3 Å². The van der Waals surface area contributed by atoms with Crippen molar-refractivity contribution in [2.24, 2.45) is 10.8 Å². The number of likely N-dealkylation sites (tertiary alicyclic amines) is 1. The number of ether oxygens (including phenoxy) is 2. The van der Waals surface area contributed by atoms with Gasteiger partial charge in [0.25, 0.3) is 5.91 Å². The molecule has 3 heterocycles. The van der Waals surface area contributed by atoms with E-state index in [1.54, 1.807) is 24.5 Å². The van der Waals surface area contributed by atoms with Gasteiger partial charge in [-0.05, 0) is 58.9 Å². The number of carbonyl (C=O) groups is 1. The minimum Gasteiger partial charge on any atom is -0.392 e. The van der Waals surface area contributed by atoms with Gasteiger partial charge in [0.2, 0.25) is 0 Å². The Hall–Kier alpha value is -3.10. The summed E-state index contributed by atoms with van der Waals surface area (Å²) in [6.07, 6.45) is 7.24. The Balaban J connectivity index is 1.16. The first-order valence-corrected chi connectivity index (χ1v) is 15.2. The molecule has 1 aliphatic carbocycles. The Morgan fingerprint density at radius 3 is 2.45 bits per heavy atom. The lowest BCUT2D eigenvalue weighted by atomic mass is 9.65. The Bertz CT molecular complexity index is 1360. The Morgan fingerprint density at radius 2 is 1.74 bits per heavy atom. The quantitative estimate of drug-likeness (QED) is 0.349. The molecule has 222 valence electrons. The summed E-state index contributed by atoms with van der Waals surface area (Å²) in [5.41, 5.74) is 5.26. The van der Waals surface area contributed by atoms with Crippen LogP contribution in [0.2, 0.25) is 0 Å². The van der Waals surface area contributed by atoms with Crippen molar-refractivity contribution in [1.82, 2.24) is 15.2 Å². The van der Waals surface area contributed by atoms with E-state index in [0.29, 0.717) is 29.0 Å². The average Bonchev–Trinajstić information content (AvgIpc) is 3.23. The number of nitrogens with zero attached hydrogens (tertiary/aromatic N) is 2. The largest absolute Gasteiger partial charge is 0.392 e. The van der Waals surface area contributed by atoms with Gasteiger partial charge in [0.1, 0.15) is 0 Å². The Labute approximate surface area is 249 Å². The number of aliphatic hydroxyl groups is 1. The van der Waals surface area contributed by atoms with E-state index in [9.17, 15) is 9.90 Å². The SMILES string of the molecule is CC1(C)CC2CC(C)(CN2CC2CC(c3ccc(CO)cc3)OC(c3ccc(CNC(=O)c4cccnc4)cc3)O2)C1. The molecular weight excluding hydrogens is 526 g/mol. The van der Waals surface area contributed by atoms with Crippen LogP contribution in [0.1, 0.15) is 91.5 Å². The van der Waals surface area contributed by atoms with Gasteiger partial charge in [0, 0.05) is 50.1 Å².